The Labute approximate surface area is 175 Å². The molecule has 1 aromatic rings. The predicted molar refractivity (Wildman–Crippen MR) is 112 cm³/mol. The van der Waals surface area contributed by atoms with Crippen molar-refractivity contribution in [1.29, 1.82) is 0 Å². The molecule has 30 heavy (non-hydrogen) atoms. The Bertz CT molecular complexity index is 918. The van der Waals surface area contributed by atoms with Crippen LogP contribution in [-0.4, -0.2) is 47.1 Å². The van der Waals surface area contributed by atoms with Gasteiger partial charge in [0.2, 0.25) is 5.91 Å². The number of nitrogens with one attached hydrogen (secondary N) is 1. The van der Waals surface area contributed by atoms with E-state index < -0.39 is 5.91 Å². The Hall–Kier alpha value is -2.93. The highest BCUT2D eigenvalue weighted by atomic mass is 19.1. The van der Waals surface area contributed by atoms with E-state index in [1.807, 2.05) is 29.2 Å². The van der Waals surface area contributed by atoms with Crippen LogP contribution in [0.15, 0.2) is 54.4 Å². The highest BCUT2D eigenvalue weighted by Crippen LogP contribution is 2.42. The van der Waals surface area contributed by atoms with Crippen molar-refractivity contribution in [3.8, 4) is 0 Å². The first kappa shape index (κ1) is 20.3. The molecule has 1 spiro atoms. The fraction of sp³-hybridized carbons (Fsp3) is 0.391. The topological polar surface area (TPSA) is 72.9 Å². The van der Waals surface area contributed by atoms with Crippen LogP contribution in [0.4, 0.5) is 10.1 Å². The first-order chi connectivity index (χ1) is 14.5. The van der Waals surface area contributed by atoms with Crippen LogP contribution in [0.25, 0.3) is 6.08 Å². The molecule has 0 aromatic heterocycles. The SMILES string of the molecule is O=C(/C=C/c1ccccc1N1CCCC12CN(C(=O)CC1C=CC(F)=CC1)C2)NO. The maximum absolute atomic E-state index is 13.1. The number of rotatable bonds is 5. The van der Waals surface area contributed by atoms with Crippen LogP contribution in [0.2, 0.25) is 0 Å². The largest absolute Gasteiger partial charge is 0.362 e. The monoisotopic (exact) mass is 411 g/mol. The number of hydrogen-bond acceptors (Lipinski definition) is 4. The third kappa shape index (κ3) is 4.03. The van der Waals surface area contributed by atoms with Gasteiger partial charge in [0, 0.05) is 37.8 Å². The van der Waals surface area contributed by atoms with Crippen LogP contribution in [0.1, 0.15) is 31.2 Å². The Morgan fingerprint density at radius 1 is 1.30 bits per heavy atom. The maximum atomic E-state index is 13.1. The molecular formula is C23H26FN3O3. The van der Waals surface area contributed by atoms with Gasteiger partial charge in [-0.05, 0) is 55.0 Å². The summed E-state index contributed by atoms with van der Waals surface area (Å²) in [7, 11) is 0. The van der Waals surface area contributed by atoms with Crippen LogP contribution in [0, 0.1) is 5.92 Å². The van der Waals surface area contributed by atoms with Gasteiger partial charge in [0.15, 0.2) is 0 Å². The molecule has 2 fully saturated rings. The first-order valence-corrected chi connectivity index (χ1v) is 10.3. The zero-order valence-corrected chi connectivity index (χ0v) is 16.8. The van der Waals surface area contributed by atoms with E-state index in [0.717, 1.165) is 30.6 Å². The lowest BCUT2D eigenvalue weighted by Crippen LogP contribution is -2.69. The van der Waals surface area contributed by atoms with Crippen molar-refractivity contribution in [2.24, 2.45) is 5.92 Å². The second-order valence-electron chi connectivity index (χ2n) is 8.25. The standard InChI is InChI=1S/C23H26FN3O3/c24-19-9-6-17(7-10-19)14-22(29)26-15-23(16-26)12-3-13-27(23)20-5-2-1-4-18(20)8-11-21(28)25-30/h1-2,4-6,8-11,17,30H,3,7,12-16H2,(H,25,28)/b11-8+. The Kier molecular flexibility index (Phi) is 5.72. The molecular weight excluding hydrogens is 385 g/mol. The van der Waals surface area contributed by atoms with Crippen LogP contribution < -0.4 is 10.4 Å². The number of likely N-dealkylation sites (tertiary alicyclic amines) is 1. The molecule has 4 rings (SSSR count). The molecule has 1 aliphatic carbocycles. The molecule has 2 saturated heterocycles. The summed E-state index contributed by atoms with van der Waals surface area (Å²) in [5, 5.41) is 8.71. The Morgan fingerprint density at radius 3 is 2.83 bits per heavy atom. The molecule has 1 unspecified atom stereocenters. The number of carbonyl (C=O) groups excluding carboxylic acids is 2. The van der Waals surface area contributed by atoms with Crippen molar-refractivity contribution in [3.63, 3.8) is 0 Å². The van der Waals surface area contributed by atoms with Gasteiger partial charge >= 0.3 is 0 Å². The third-order valence-corrected chi connectivity index (χ3v) is 6.25. The number of allylic oxidation sites excluding steroid dienone is 4. The molecule has 6 nitrogen and oxygen atoms in total. The van der Waals surface area contributed by atoms with Crippen molar-refractivity contribution in [2.45, 2.75) is 31.2 Å². The van der Waals surface area contributed by atoms with E-state index >= 15 is 0 Å². The number of amides is 2. The number of anilines is 1. The van der Waals surface area contributed by atoms with Crippen molar-refractivity contribution in [1.82, 2.24) is 10.4 Å². The molecule has 0 radical (unpaired) electrons. The lowest BCUT2D eigenvalue weighted by atomic mass is 9.85. The van der Waals surface area contributed by atoms with Crippen LogP contribution in [0.5, 0.6) is 0 Å². The Morgan fingerprint density at radius 2 is 2.10 bits per heavy atom. The van der Waals surface area contributed by atoms with Crippen LogP contribution in [0.3, 0.4) is 0 Å². The summed E-state index contributed by atoms with van der Waals surface area (Å²) < 4.78 is 13.1. The number of halogens is 1. The number of nitrogens with zero attached hydrogens (tertiary/aromatic N) is 2. The Balaban J connectivity index is 1.43. The van der Waals surface area contributed by atoms with E-state index in [1.165, 1.54) is 18.2 Å². The predicted octanol–water partition coefficient (Wildman–Crippen LogP) is 3.21. The quantitative estimate of drug-likeness (QED) is 0.443. The minimum Gasteiger partial charge on any atom is -0.362 e. The highest BCUT2D eigenvalue weighted by Gasteiger charge is 2.52. The summed E-state index contributed by atoms with van der Waals surface area (Å²) in [5.74, 6) is -0.623. The smallest absolute Gasteiger partial charge is 0.267 e. The van der Waals surface area contributed by atoms with Gasteiger partial charge in [-0.3, -0.25) is 14.8 Å². The number of carbonyl (C=O) groups is 2. The van der Waals surface area contributed by atoms with Crippen LogP contribution >= 0.6 is 0 Å². The summed E-state index contributed by atoms with van der Waals surface area (Å²) in [4.78, 5) is 28.3. The lowest BCUT2D eigenvalue weighted by Gasteiger charge is -2.54. The minimum atomic E-state index is -0.576. The van der Waals surface area contributed by atoms with Gasteiger partial charge < -0.3 is 9.80 Å². The van der Waals surface area contributed by atoms with Crippen molar-refractivity contribution >= 4 is 23.6 Å². The molecule has 0 bridgehead atoms. The average Bonchev–Trinajstić information content (AvgIpc) is 3.18. The maximum Gasteiger partial charge on any atom is 0.267 e. The van der Waals surface area contributed by atoms with Crippen molar-refractivity contribution < 1.29 is 19.2 Å². The van der Waals surface area contributed by atoms with Gasteiger partial charge in [-0.15, -0.1) is 0 Å². The highest BCUT2D eigenvalue weighted by molar-refractivity contribution is 5.92. The van der Waals surface area contributed by atoms with E-state index in [2.05, 4.69) is 4.90 Å². The molecule has 158 valence electrons. The fourth-order valence-electron chi connectivity index (χ4n) is 4.70. The van der Waals surface area contributed by atoms with Crippen molar-refractivity contribution in [3.05, 3.63) is 60.0 Å². The number of hydroxylamine groups is 1. The van der Waals surface area contributed by atoms with Gasteiger partial charge in [0.25, 0.3) is 5.91 Å². The summed E-state index contributed by atoms with van der Waals surface area (Å²) >= 11 is 0. The van der Waals surface area contributed by atoms with Gasteiger partial charge in [-0.1, -0.05) is 24.3 Å². The number of benzene rings is 1. The van der Waals surface area contributed by atoms with Gasteiger partial charge in [0.1, 0.15) is 5.83 Å². The number of hydrogen-bond donors (Lipinski definition) is 2. The van der Waals surface area contributed by atoms with E-state index in [1.54, 1.807) is 17.6 Å². The van der Waals surface area contributed by atoms with Crippen LogP contribution in [-0.2, 0) is 9.59 Å². The zero-order valence-electron chi connectivity index (χ0n) is 16.8. The lowest BCUT2D eigenvalue weighted by molar-refractivity contribution is -0.139. The van der Waals surface area contributed by atoms with Gasteiger partial charge in [-0.2, -0.15) is 0 Å². The second kappa shape index (κ2) is 8.44. The second-order valence-corrected chi connectivity index (χ2v) is 8.25. The van der Waals surface area contributed by atoms with E-state index in [-0.39, 0.29) is 23.2 Å². The molecule has 2 amide bonds. The van der Waals surface area contributed by atoms with Gasteiger partial charge in [0.05, 0.1) is 5.54 Å². The molecule has 2 aliphatic heterocycles. The molecule has 1 aromatic carbocycles. The van der Waals surface area contributed by atoms with E-state index in [0.29, 0.717) is 25.9 Å². The van der Waals surface area contributed by atoms with E-state index in [4.69, 9.17) is 5.21 Å². The molecule has 3 aliphatic rings. The van der Waals surface area contributed by atoms with Gasteiger partial charge in [-0.25, -0.2) is 9.87 Å². The summed E-state index contributed by atoms with van der Waals surface area (Å²) in [6.07, 6.45) is 10.8. The minimum absolute atomic E-state index is 0.0664. The summed E-state index contributed by atoms with van der Waals surface area (Å²) in [5.41, 5.74) is 3.45. The van der Waals surface area contributed by atoms with Crippen molar-refractivity contribution in [2.75, 3.05) is 24.5 Å². The third-order valence-electron chi connectivity index (χ3n) is 6.25. The normalized spacial score (nSPS) is 22.3. The molecule has 2 N–H and O–H groups in total. The molecule has 2 heterocycles. The molecule has 1 atom stereocenters. The fourth-order valence-corrected chi connectivity index (χ4v) is 4.70. The zero-order chi connectivity index (χ0) is 21.1. The molecule has 7 heteroatoms. The number of para-hydroxylation sites is 1. The van der Waals surface area contributed by atoms with E-state index in [9.17, 15) is 14.0 Å². The summed E-state index contributed by atoms with van der Waals surface area (Å²) in [6.45, 7) is 2.26. The molecule has 0 saturated carbocycles. The summed E-state index contributed by atoms with van der Waals surface area (Å²) in [6, 6.07) is 7.84. The first-order valence-electron chi connectivity index (χ1n) is 10.3. The average molecular weight is 411 g/mol.